The van der Waals surface area contributed by atoms with Crippen molar-refractivity contribution in [3.8, 4) is 12.1 Å². The molecule has 0 aliphatic carbocycles. The molecule has 0 saturated carbocycles. The van der Waals surface area contributed by atoms with Crippen LogP contribution in [0.15, 0.2) is 48.6 Å². The Kier molecular flexibility index (Phi) is 10.1. The van der Waals surface area contributed by atoms with Gasteiger partial charge in [-0.1, -0.05) is 36.4 Å². The molecule has 0 unspecified atom stereocenters. The monoisotopic (exact) mass is 649 g/mol. The van der Waals surface area contributed by atoms with Crippen molar-refractivity contribution in [3.63, 3.8) is 0 Å². The number of piperazine rings is 1. The third kappa shape index (κ3) is 7.09. The molecule has 0 radical (unpaired) electrons. The van der Waals surface area contributed by atoms with E-state index in [2.05, 4.69) is 71.1 Å². The molecular weight excluding hydrogens is 602 g/mol. The Bertz CT molecular complexity index is 1730. The van der Waals surface area contributed by atoms with Crippen molar-refractivity contribution in [2.24, 2.45) is 0 Å². The predicted octanol–water partition coefficient (Wildman–Crippen LogP) is 4.39. The highest BCUT2D eigenvalue weighted by molar-refractivity contribution is 5.97. The van der Waals surface area contributed by atoms with Gasteiger partial charge < -0.3 is 29.2 Å². The summed E-state index contributed by atoms with van der Waals surface area (Å²) in [6, 6.07) is 15.7. The summed E-state index contributed by atoms with van der Waals surface area (Å²) in [5.41, 5.74) is 4.55. The lowest BCUT2D eigenvalue weighted by Gasteiger charge is -2.42. The fourth-order valence-corrected chi connectivity index (χ4v) is 7.21. The molecule has 1 aromatic heterocycles. The predicted molar refractivity (Wildman–Crippen MR) is 190 cm³/mol. The molecule has 0 spiro atoms. The van der Waals surface area contributed by atoms with Crippen LogP contribution in [0.25, 0.3) is 10.8 Å². The number of likely N-dealkylation sites (tertiary alicyclic amines) is 1. The molecule has 3 aliphatic rings. The zero-order valence-corrected chi connectivity index (χ0v) is 28.7. The van der Waals surface area contributed by atoms with Gasteiger partial charge in [-0.05, 0) is 63.7 Å². The van der Waals surface area contributed by atoms with Gasteiger partial charge in [0.2, 0.25) is 5.91 Å². The lowest BCUT2D eigenvalue weighted by Crippen LogP contribution is -2.55. The number of nitrogens with one attached hydrogen (secondary N) is 1. The van der Waals surface area contributed by atoms with Gasteiger partial charge >= 0.3 is 6.01 Å². The number of hydrogen-bond donors (Lipinski definition) is 1. The van der Waals surface area contributed by atoms with Crippen molar-refractivity contribution in [2.45, 2.75) is 58.2 Å². The van der Waals surface area contributed by atoms with Gasteiger partial charge in [0.1, 0.15) is 12.4 Å². The largest absolute Gasteiger partial charge is 0.462 e. The minimum atomic E-state index is -0.274. The smallest absolute Gasteiger partial charge is 0.318 e. The van der Waals surface area contributed by atoms with Gasteiger partial charge in [-0.3, -0.25) is 10.2 Å². The third-order valence-electron chi connectivity index (χ3n) is 10.1. The summed E-state index contributed by atoms with van der Waals surface area (Å²) < 4.78 is 6.35. The van der Waals surface area contributed by atoms with E-state index in [1.165, 1.54) is 22.0 Å². The Hall–Kier alpha value is -4.69. The molecule has 1 N–H and O–H groups in total. The van der Waals surface area contributed by atoms with E-state index in [0.717, 1.165) is 49.4 Å². The van der Waals surface area contributed by atoms with Crippen molar-refractivity contribution >= 4 is 34.0 Å². The average Bonchev–Trinajstić information content (AvgIpc) is 3.50. The van der Waals surface area contributed by atoms with E-state index >= 15 is 0 Å². The quantitative estimate of drug-likeness (QED) is 0.205. The molecule has 3 aromatic rings. The van der Waals surface area contributed by atoms with Crippen molar-refractivity contribution in [1.29, 1.82) is 10.7 Å². The zero-order chi connectivity index (χ0) is 33.8. The van der Waals surface area contributed by atoms with Gasteiger partial charge in [0.15, 0.2) is 0 Å². The average molecular weight is 650 g/mol. The van der Waals surface area contributed by atoms with Crippen LogP contribution in [0.3, 0.4) is 0 Å². The van der Waals surface area contributed by atoms with Gasteiger partial charge in [-0.15, -0.1) is 0 Å². The van der Waals surface area contributed by atoms with E-state index in [-0.39, 0.29) is 18.4 Å². The maximum Gasteiger partial charge on any atom is 0.318 e. The number of likely N-dealkylation sites (N-methyl/N-ethyl adjacent to an activating group) is 2. The molecule has 4 heterocycles. The van der Waals surface area contributed by atoms with Crippen LogP contribution >= 0.6 is 0 Å². The second-order valence-electron chi connectivity index (χ2n) is 13.3. The summed E-state index contributed by atoms with van der Waals surface area (Å²) in [5.74, 6) is 1.18. The Balaban J connectivity index is 1.28. The number of ether oxygens (including phenoxy) is 1. The molecule has 11 heteroatoms. The van der Waals surface area contributed by atoms with Crippen LogP contribution in [0.2, 0.25) is 0 Å². The number of carbonyl (C=O) groups excluding carboxylic acids is 1. The first-order chi connectivity index (χ1) is 23.2. The number of nitrogens with zero attached hydrogens (tertiary/aromatic N) is 8. The Morgan fingerprint density at radius 1 is 1.12 bits per heavy atom. The van der Waals surface area contributed by atoms with Gasteiger partial charge in [-0.25, -0.2) is 0 Å². The molecule has 0 bridgehead atoms. The Labute approximate surface area is 283 Å². The second kappa shape index (κ2) is 14.6. The second-order valence-corrected chi connectivity index (χ2v) is 13.3. The first kappa shape index (κ1) is 33.2. The number of fused-ring (bicyclic) bond motifs is 2. The number of anilines is 2. The number of benzene rings is 2. The topological polar surface area (TPSA) is 116 Å². The molecule has 1 amide bonds. The fraction of sp³-hybridized carbons (Fsp3) is 0.486. The number of nitriles is 1. The zero-order valence-electron chi connectivity index (χ0n) is 28.7. The molecule has 2 fully saturated rings. The maximum atomic E-state index is 13.3. The number of carbonyl (C=O) groups is 1. The fourth-order valence-electron chi connectivity index (χ4n) is 7.21. The highest BCUT2D eigenvalue weighted by Gasteiger charge is 2.34. The lowest BCUT2D eigenvalue weighted by molar-refractivity contribution is -0.128. The number of aryl methyl sites for hydroxylation is 1. The van der Waals surface area contributed by atoms with Crippen molar-refractivity contribution < 1.29 is 9.53 Å². The first-order valence-corrected chi connectivity index (χ1v) is 17.0. The van der Waals surface area contributed by atoms with Gasteiger partial charge in [0.05, 0.1) is 36.6 Å². The van der Waals surface area contributed by atoms with Crippen molar-refractivity contribution in [1.82, 2.24) is 24.7 Å². The van der Waals surface area contributed by atoms with Crippen molar-refractivity contribution in [2.75, 3.05) is 69.8 Å². The van der Waals surface area contributed by atoms with Crippen LogP contribution in [0.5, 0.6) is 6.01 Å². The molecule has 11 nitrogen and oxygen atoms in total. The summed E-state index contributed by atoms with van der Waals surface area (Å²) in [6.07, 6.45) is 6.63. The normalized spacial score (nSPS) is 19.9. The lowest BCUT2D eigenvalue weighted by atomic mass is 9.99. The number of hydrogen-bond acceptors (Lipinski definition) is 9. The number of aromatic nitrogens is 2. The van der Waals surface area contributed by atoms with Crippen LogP contribution in [0, 0.1) is 23.7 Å². The minimum Gasteiger partial charge on any atom is -0.462 e. The first-order valence-electron chi connectivity index (χ1n) is 17.0. The van der Waals surface area contributed by atoms with E-state index in [1.807, 2.05) is 7.05 Å². The number of amides is 1. The van der Waals surface area contributed by atoms with Gasteiger partial charge in [0, 0.05) is 68.5 Å². The van der Waals surface area contributed by atoms with E-state index in [1.54, 1.807) is 28.9 Å². The minimum absolute atomic E-state index is 0.110. The van der Waals surface area contributed by atoms with Crippen LogP contribution in [0.1, 0.15) is 43.0 Å². The summed E-state index contributed by atoms with van der Waals surface area (Å²) in [6.45, 7) is 9.04. The third-order valence-corrected chi connectivity index (χ3v) is 10.1. The molecule has 2 aromatic carbocycles. The SMILES string of the molecule is CC(=N)N(C)C/C=C/C(=O)N1CCN(c2nc(OC[C@@H]3CCCN3C)nc3c2CCN(c2cccc4cccc(C)c24)C3)C[C@@H]1CC#N. The van der Waals surface area contributed by atoms with Crippen LogP contribution in [-0.2, 0) is 17.8 Å². The molecule has 2 saturated heterocycles. The molecule has 48 heavy (non-hydrogen) atoms. The van der Waals surface area contributed by atoms with Crippen LogP contribution in [-0.4, -0.2) is 108 Å². The van der Waals surface area contributed by atoms with E-state index in [9.17, 15) is 10.1 Å². The van der Waals surface area contributed by atoms with Crippen LogP contribution in [0.4, 0.5) is 11.5 Å². The molecule has 252 valence electrons. The standard InChI is InChI=1S/C37H47N9O2/c1-26-9-5-10-28-11-6-13-33(35(26)28)44-20-16-31-32(24-44)40-37(48-25-30-12-7-19-43(30)4)41-36(31)45-21-22-46(29(23-45)15-17-38)34(47)14-8-18-42(3)27(2)39/h5-6,8-11,13-14,29-30,39H,7,12,15-16,18-25H2,1-4H3/b14-8+,39-27?/t29-,30-/m0/s1. The van der Waals surface area contributed by atoms with Gasteiger partial charge in [-0.2, -0.15) is 15.2 Å². The Morgan fingerprint density at radius 3 is 2.69 bits per heavy atom. The highest BCUT2D eigenvalue weighted by atomic mass is 16.5. The summed E-state index contributed by atoms with van der Waals surface area (Å²) >= 11 is 0. The van der Waals surface area contributed by atoms with Crippen molar-refractivity contribution in [3.05, 3.63) is 65.4 Å². The highest BCUT2D eigenvalue weighted by Crippen LogP contribution is 2.36. The van der Waals surface area contributed by atoms with E-state index in [4.69, 9.17) is 20.1 Å². The van der Waals surface area contributed by atoms with E-state index < -0.39 is 0 Å². The summed E-state index contributed by atoms with van der Waals surface area (Å²) in [5, 5.41) is 20.0. The van der Waals surface area contributed by atoms with Gasteiger partial charge in [0.25, 0.3) is 0 Å². The number of amidine groups is 1. The summed E-state index contributed by atoms with van der Waals surface area (Å²) in [7, 11) is 3.96. The van der Waals surface area contributed by atoms with E-state index in [0.29, 0.717) is 57.2 Å². The Morgan fingerprint density at radius 2 is 1.94 bits per heavy atom. The molecule has 2 atom stereocenters. The number of rotatable bonds is 9. The maximum absolute atomic E-state index is 13.3. The molecular formula is C37H47N9O2. The molecule has 6 rings (SSSR count). The van der Waals surface area contributed by atoms with Crippen LogP contribution < -0.4 is 14.5 Å². The molecule has 3 aliphatic heterocycles. The summed E-state index contributed by atoms with van der Waals surface area (Å²) in [4.78, 5) is 33.9.